The maximum Gasteiger partial charge on any atom is 0.223 e. The number of hydrogen-bond acceptors (Lipinski definition) is 7. The zero-order valence-electron chi connectivity index (χ0n) is 11.3. The standard InChI is InChI=1S/C12H17ClN6S/c1-8-7-15-12(20-8)19-4-2-18(3-5-19)10-6-9(13)16-11(14)17-10/h6,8H,2-5,7H2,1H3,(H2,14,16,17)/t8-/m0/s1. The van der Waals surface area contributed by atoms with Gasteiger partial charge in [-0.15, -0.1) is 0 Å². The molecular formula is C12H17ClN6S. The number of nitrogen functional groups attached to an aromatic ring is 1. The van der Waals surface area contributed by atoms with Crippen molar-refractivity contribution in [1.82, 2.24) is 14.9 Å². The van der Waals surface area contributed by atoms with E-state index >= 15 is 0 Å². The van der Waals surface area contributed by atoms with Crippen molar-refractivity contribution < 1.29 is 0 Å². The Morgan fingerprint density at radius 3 is 2.55 bits per heavy atom. The van der Waals surface area contributed by atoms with E-state index < -0.39 is 0 Å². The third-order valence-corrected chi connectivity index (χ3v) is 4.71. The van der Waals surface area contributed by atoms with Crippen LogP contribution in [0, 0.1) is 0 Å². The highest BCUT2D eigenvalue weighted by Gasteiger charge is 2.25. The van der Waals surface area contributed by atoms with Gasteiger partial charge in [-0.2, -0.15) is 4.98 Å². The lowest BCUT2D eigenvalue weighted by molar-refractivity contribution is 0.391. The SMILES string of the molecule is C[C@H]1CN=C(N2CCN(c3cc(Cl)nc(N)n3)CC2)S1. The number of hydrogen-bond donors (Lipinski definition) is 1. The van der Waals surface area contributed by atoms with Crippen molar-refractivity contribution in [3.63, 3.8) is 0 Å². The molecule has 0 saturated carbocycles. The molecule has 1 atom stereocenters. The van der Waals surface area contributed by atoms with Crippen molar-refractivity contribution in [2.45, 2.75) is 12.2 Å². The minimum absolute atomic E-state index is 0.222. The highest BCUT2D eigenvalue weighted by molar-refractivity contribution is 8.14. The van der Waals surface area contributed by atoms with Gasteiger partial charge in [0.15, 0.2) is 5.17 Å². The van der Waals surface area contributed by atoms with Crippen LogP contribution in [0.1, 0.15) is 6.92 Å². The molecule has 3 rings (SSSR count). The largest absolute Gasteiger partial charge is 0.368 e. The molecule has 2 aliphatic rings. The normalized spacial score (nSPS) is 23.1. The Morgan fingerprint density at radius 2 is 1.95 bits per heavy atom. The summed E-state index contributed by atoms with van der Waals surface area (Å²) in [5.41, 5.74) is 5.64. The molecule has 0 bridgehead atoms. The Labute approximate surface area is 127 Å². The summed E-state index contributed by atoms with van der Waals surface area (Å²) in [6, 6.07) is 1.76. The van der Waals surface area contributed by atoms with E-state index in [1.165, 1.54) is 5.17 Å². The molecule has 3 heterocycles. The minimum Gasteiger partial charge on any atom is -0.368 e. The monoisotopic (exact) mass is 312 g/mol. The van der Waals surface area contributed by atoms with Crippen molar-refractivity contribution in [2.24, 2.45) is 4.99 Å². The number of halogens is 1. The number of aromatic nitrogens is 2. The van der Waals surface area contributed by atoms with Gasteiger partial charge in [-0.25, -0.2) is 4.98 Å². The summed E-state index contributed by atoms with van der Waals surface area (Å²) >= 11 is 7.79. The Hall–Kier alpha value is -1.21. The fourth-order valence-corrected chi connectivity index (χ4v) is 3.52. The lowest BCUT2D eigenvalue weighted by Crippen LogP contribution is -2.48. The fourth-order valence-electron chi connectivity index (χ4n) is 2.35. The van der Waals surface area contributed by atoms with Gasteiger partial charge in [-0.05, 0) is 0 Å². The predicted octanol–water partition coefficient (Wildman–Crippen LogP) is 1.33. The first-order valence-electron chi connectivity index (χ1n) is 6.63. The van der Waals surface area contributed by atoms with Gasteiger partial charge in [-0.1, -0.05) is 30.3 Å². The molecule has 0 spiro atoms. The van der Waals surface area contributed by atoms with Crippen LogP contribution in [0.5, 0.6) is 0 Å². The Morgan fingerprint density at radius 1 is 1.25 bits per heavy atom. The van der Waals surface area contributed by atoms with E-state index in [4.69, 9.17) is 17.3 Å². The van der Waals surface area contributed by atoms with Gasteiger partial charge in [0, 0.05) is 37.5 Å². The Balaban J connectivity index is 1.63. The van der Waals surface area contributed by atoms with Crippen molar-refractivity contribution in [3.05, 3.63) is 11.2 Å². The summed E-state index contributed by atoms with van der Waals surface area (Å²) < 4.78 is 0. The molecule has 0 amide bonds. The maximum atomic E-state index is 5.93. The van der Waals surface area contributed by atoms with Crippen LogP contribution in [0.15, 0.2) is 11.1 Å². The van der Waals surface area contributed by atoms with E-state index in [1.54, 1.807) is 6.07 Å². The van der Waals surface area contributed by atoms with Gasteiger partial charge >= 0.3 is 0 Å². The maximum absolute atomic E-state index is 5.93. The number of nitrogens with two attached hydrogens (primary N) is 1. The first-order valence-corrected chi connectivity index (χ1v) is 7.88. The minimum atomic E-state index is 0.222. The molecule has 1 aromatic rings. The number of nitrogens with zero attached hydrogens (tertiary/aromatic N) is 5. The van der Waals surface area contributed by atoms with E-state index in [2.05, 4.69) is 31.7 Å². The average molecular weight is 313 g/mol. The highest BCUT2D eigenvalue weighted by Crippen LogP contribution is 2.25. The summed E-state index contributed by atoms with van der Waals surface area (Å²) in [7, 11) is 0. The Kier molecular flexibility index (Phi) is 3.89. The molecule has 0 radical (unpaired) electrons. The summed E-state index contributed by atoms with van der Waals surface area (Å²) in [5, 5.41) is 2.17. The summed E-state index contributed by atoms with van der Waals surface area (Å²) in [6.45, 7) is 6.81. The summed E-state index contributed by atoms with van der Waals surface area (Å²) in [5.74, 6) is 1.02. The molecule has 2 aliphatic heterocycles. The van der Waals surface area contributed by atoms with Crippen LogP contribution in [0.3, 0.4) is 0 Å². The first-order chi connectivity index (χ1) is 9.61. The van der Waals surface area contributed by atoms with Crippen molar-refractivity contribution >= 4 is 40.3 Å². The smallest absolute Gasteiger partial charge is 0.223 e. The molecule has 0 unspecified atom stereocenters. The van der Waals surface area contributed by atoms with Gasteiger partial charge in [0.25, 0.3) is 0 Å². The summed E-state index contributed by atoms with van der Waals surface area (Å²) in [4.78, 5) is 17.2. The molecule has 20 heavy (non-hydrogen) atoms. The summed E-state index contributed by atoms with van der Waals surface area (Å²) in [6.07, 6.45) is 0. The lowest BCUT2D eigenvalue weighted by atomic mass is 10.3. The zero-order chi connectivity index (χ0) is 14.1. The van der Waals surface area contributed by atoms with Crippen LogP contribution >= 0.6 is 23.4 Å². The van der Waals surface area contributed by atoms with E-state index in [9.17, 15) is 0 Å². The van der Waals surface area contributed by atoms with Crippen molar-refractivity contribution in [3.8, 4) is 0 Å². The Bertz CT molecular complexity index is 508. The molecule has 1 fully saturated rings. The van der Waals surface area contributed by atoms with Crippen molar-refractivity contribution in [1.29, 1.82) is 0 Å². The van der Waals surface area contributed by atoms with Crippen LogP contribution in [-0.4, -0.2) is 58.0 Å². The number of piperazine rings is 1. The molecular weight excluding hydrogens is 296 g/mol. The molecule has 108 valence electrons. The van der Waals surface area contributed by atoms with Gasteiger partial charge in [0.1, 0.15) is 11.0 Å². The topological polar surface area (TPSA) is 70.6 Å². The first kappa shape index (κ1) is 13.8. The number of rotatable bonds is 1. The second-order valence-corrected chi connectivity index (χ2v) is 6.73. The molecule has 0 aromatic carbocycles. The molecule has 2 N–H and O–H groups in total. The quantitative estimate of drug-likeness (QED) is 0.789. The van der Waals surface area contributed by atoms with Crippen molar-refractivity contribution in [2.75, 3.05) is 43.4 Å². The molecule has 1 saturated heterocycles. The van der Waals surface area contributed by atoms with E-state index in [0.29, 0.717) is 10.4 Å². The van der Waals surface area contributed by atoms with Crippen LogP contribution < -0.4 is 10.6 Å². The highest BCUT2D eigenvalue weighted by atomic mass is 35.5. The number of aliphatic imine (C=N–C) groups is 1. The molecule has 8 heteroatoms. The third kappa shape index (κ3) is 2.93. The number of anilines is 2. The molecule has 0 aliphatic carbocycles. The van der Waals surface area contributed by atoms with E-state index in [1.807, 2.05) is 11.8 Å². The van der Waals surface area contributed by atoms with E-state index in [-0.39, 0.29) is 5.95 Å². The van der Waals surface area contributed by atoms with Crippen LogP contribution in [0.25, 0.3) is 0 Å². The fraction of sp³-hybridized carbons (Fsp3) is 0.583. The van der Waals surface area contributed by atoms with E-state index in [0.717, 1.165) is 38.5 Å². The number of thioether (sulfide) groups is 1. The second-order valence-electron chi connectivity index (χ2n) is 4.93. The van der Waals surface area contributed by atoms with Crippen LogP contribution in [-0.2, 0) is 0 Å². The van der Waals surface area contributed by atoms with Gasteiger partial charge in [0.05, 0.1) is 6.54 Å². The molecule has 1 aromatic heterocycles. The number of amidine groups is 1. The van der Waals surface area contributed by atoms with Gasteiger partial charge in [0.2, 0.25) is 5.95 Å². The molecule has 6 nitrogen and oxygen atoms in total. The average Bonchev–Trinajstić information content (AvgIpc) is 2.84. The van der Waals surface area contributed by atoms with Crippen LogP contribution in [0.2, 0.25) is 5.15 Å². The van der Waals surface area contributed by atoms with Gasteiger partial charge in [-0.3, -0.25) is 4.99 Å². The zero-order valence-corrected chi connectivity index (χ0v) is 12.9. The lowest BCUT2D eigenvalue weighted by Gasteiger charge is -2.36. The van der Waals surface area contributed by atoms with Gasteiger partial charge < -0.3 is 15.5 Å². The third-order valence-electron chi connectivity index (χ3n) is 3.36. The second kappa shape index (κ2) is 5.65. The van der Waals surface area contributed by atoms with Crippen LogP contribution in [0.4, 0.5) is 11.8 Å². The predicted molar refractivity (Wildman–Crippen MR) is 84.6 cm³/mol.